The predicted octanol–water partition coefficient (Wildman–Crippen LogP) is 4.59. The lowest BCUT2D eigenvalue weighted by atomic mass is 9.97. The molecule has 0 radical (unpaired) electrons. The molecule has 0 N–H and O–H groups in total. The van der Waals surface area contributed by atoms with E-state index in [0.29, 0.717) is 30.9 Å². The highest BCUT2D eigenvalue weighted by Crippen LogP contribution is 2.34. The van der Waals surface area contributed by atoms with Gasteiger partial charge in [0.15, 0.2) is 5.65 Å². The molecule has 2 aliphatic heterocycles. The van der Waals surface area contributed by atoms with Crippen LogP contribution in [0.15, 0.2) is 24.4 Å². The minimum Gasteiger partial charge on any atom is -0.355 e. The molecular weight excluding hydrogens is 450 g/mol. The van der Waals surface area contributed by atoms with Gasteiger partial charge in [0, 0.05) is 37.5 Å². The molecule has 2 fully saturated rings. The van der Waals surface area contributed by atoms with Crippen LogP contribution in [0.1, 0.15) is 59.4 Å². The molecule has 2 saturated heterocycles. The number of aryl methyl sites for hydroxylation is 2. The zero-order chi connectivity index (χ0) is 24.9. The largest absolute Gasteiger partial charge is 0.355 e. The number of piperidine rings is 1. The van der Waals surface area contributed by atoms with Gasteiger partial charge in [0.05, 0.1) is 23.7 Å². The number of halogens is 2. The first-order chi connectivity index (χ1) is 16.8. The number of rotatable bonds is 3. The van der Waals surface area contributed by atoms with Gasteiger partial charge in [-0.25, -0.2) is 18.3 Å². The van der Waals surface area contributed by atoms with Crippen molar-refractivity contribution < 1.29 is 13.6 Å². The molecular formula is C26H28F2N6O. The molecule has 0 aliphatic carbocycles. The van der Waals surface area contributed by atoms with Crippen LogP contribution in [0.4, 0.5) is 14.6 Å². The van der Waals surface area contributed by atoms with Crippen molar-refractivity contribution in [1.29, 1.82) is 5.26 Å². The van der Waals surface area contributed by atoms with Gasteiger partial charge in [-0.2, -0.15) is 10.4 Å². The Bertz CT molecular complexity index is 1350. The molecule has 0 unspecified atom stereocenters. The van der Waals surface area contributed by atoms with Crippen molar-refractivity contribution >= 4 is 17.4 Å². The van der Waals surface area contributed by atoms with Crippen molar-refractivity contribution in [3.05, 3.63) is 58.4 Å². The quantitative estimate of drug-likeness (QED) is 0.550. The Labute approximate surface area is 203 Å². The highest BCUT2D eigenvalue weighted by atomic mass is 19.1. The average Bonchev–Trinajstić information content (AvgIpc) is 3.43. The second kappa shape index (κ2) is 8.91. The Balaban J connectivity index is 1.49. The van der Waals surface area contributed by atoms with E-state index in [4.69, 9.17) is 10.1 Å². The first-order valence-electron chi connectivity index (χ1n) is 12.1. The number of fused-ring (bicyclic) bond motifs is 1. The predicted molar refractivity (Wildman–Crippen MR) is 127 cm³/mol. The third kappa shape index (κ3) is 4.01. The summed E-state index contributed by atoms with van der Waals surface area (Å²) in [6, 6.07) is 6.31. The molecule has 1 amide bonds. The first-order valence-corrected chi connectivity index (χ1v) is 12.1. The van der Waals surface area contributed by atoms with Crippen LogP contribution in [0, 0.1) is 48.6 Å². The average molecular weight is 479 g/mol. The SMILES string of the molecule is Cc1cn2nc([C@@H]3CCCCN3C(=O)c3c(F)ccc(C)c3F)cc2nc1N1C[C@@H](C#N)[C@@H](C)C1. The molecule has 9 heteroatoms. The summed E-state index contributed by atoms with van der Waals surface area (Å²) < 4.78 is 30.9. The van der Waals surface area contributed by atoms with Crippen LogP contribution in [-0.4, -0.2) is 45.0 Å². The standard InChI is InChI=1S/C26H28F2N6O/c1-15-7-8-19(27)23(24(15)28)26(35)33-9-5-4-6-21(33)20-10-22-30-25(17(3)13-34(22)31-20)32-12-16(2)18(11-29)14-32/h7-8,10,13,16,18,21H,4-6,9,12,14H2,1-3H3/t16-,18+,21-/m0/s1. The van der Waals surface area contributed by atoms with Gasteiger partial charge in [-0.05, 0) is 50.7 Å². The molecule has 0 spiro atoms. The van der Waals surface area contributed by atoms with Crippen LogP contribution in [-0.2, 0) is 0 Å². The number of hydrogen-bond donors (Lipinski definition) is 0. The van der Waals surface area contributed by atoms with Crippen molar-refractivity contribution in [2.45, 2.75) is 46.1 Å². The smallest absolute Gasteiger partial charge is 0.260 e. The fourth-order valence-electron chi connectivity index (χ4n) is 5.29. The molecule has 2 aliphatic rings. The molecule has 182 valence electrons. The van der Waals surface area contributed by atoms with Gasteiger partial charge in [-0.3, -0.25) is 4.79 Å². The van der Waals surface area contributed by atoms with E-state index in [1.807, 2.05) is 19.2 Å². The Kier molecular flexibility index (Phi) is 5.91. The van der Waals surface area contributed by atoms with E-state index in [-0.39, 0.29) is 17.4 Å². The number of anilines is 1. The Morgan fingerprint density at radius 3 is 2.71 bits per heavy atom. The lowest BCUT2D eigenvalue weighted by molar-refractivity contribution is 0.0595. The van der Waals surface area contributed by atoms with Crippen LogP contribution < -0.4 is 4.90 Å². The van der Waals surface area contributed by atoms with E-state index >= 15 is 0 Å². The molecule has 35 heavy (non-hydrogen) atoms. The summed E-state index contributed by atoms with van der Waals surface area (Å²) in [7, 11) is 0. The minimum absolute atomic E-state index is 0.0304. The monoisotopic (exact) mass is 478 g/mol. The van der Waals surface area contributed by atoms with Crippen molar-refractivity contribution in [3.8, 4) is 6.07 Å². The number of nitriles is 1. The number of carbonyl (C=O) groups excluding carboxylic acids is 1. The van der Waals surface area contributed by atoms with E-state index in [1.54, 1.807) is 9.42 Å². The van der Waals surface area contributed by atoms with Gasteiger partial charge in [0.25, 0.3) is 5.91 Å². The fraction of sp³-hybridized carbons (Fsp3) is 0.462. The van der Waals surface area contributed by atoms with Gasteiger partial charge in [0.1, 0.15) is 23.0 Å². The zero-order valence-electron chi connectivity index (χ0n) is 20.1. The van der Waals surface area contributed by atoms with Gasteiger partial charge >= 0.3 is 0 Å². The lowest BCUT2D eigenvalue weighted by Gasteiger charge is -2.35. The first kappa shape index (κ1) is 23.2. The maximum absolute atomic E-state index is 14.7. The summed E-state index contributed by atoms with van der Waals surface area (Å²) in [4.78, 5) is 21.8. The number of benzene rings is 1. The van der Waals surface area contributed by atoms with Gasteiger partial charge in [-0.15, -0.1) is 0 Å². The number of nitrogens with zero attached hydrogens (tertiary/aromatic N) is 6. The third-order valence-electron chi connectivity index (χ3n) is 7.30. The number of amides is 1. The second-order valence-corrected chi connectivity index (χ2v) is 9.80. The summed E-state index contributed by atoms with van der Waals surface area (Å²) >= 11 is 0. The van der Waals surface area contributed by atoms with E-state index in [2.05, 4.69) is 17.9 Å². The molecule has 0 bridgehead atoms. The van der Waals surface area contributed by atoms with Crippen molar-refractivity contribution in [2.75, 3.05) is 24.5 Å². The topological polar surface area (TPSA) is 77.5 Å². The maximum Gasteiger partial charge on any atom is 0.260 e. The van der Waals surface area contributed by atoms with E-state index < -0.39 is 29.1 Å². The lowest BCUT2D eigenvalue weighted by Crippen LogP contribution is -2.39. The van der Waals surface area contributed by atoms with Gasteiger partial charge < -0.3 is 9.80 Å². The normalized spacial score (nSPS) is 22.6. The second-order valence-electron chi connectivity index (χ2n) is 9.80. The minimum atomic E-state index is -0.852. The Morgan fingerprint density at radius 2 is 1.97 bits per heavy atom. The number of aromatic nitrogens is 3. The van der Waals surface area contributed by atoms with Gasteiger partial charge in [-0.1, -0.05) is 13.0 Å². The van der Waals surface area contributed by atoms with Crippen LogP contribution >= 0.6 is 0 Å². The number of carbonyl (C=O) groups is 1. The van der Waals surface area contributed by atoms with Gasteiger partial charge in [0.2, 0.25) is 0 Å². The van der Waals surface area contributed by atoms with Crippen molar-refractivity contribution in [3.63, 3.8) is 0 Å². The summed E-state index contributed by atoms with van der Waals surface area (Å²) in [5, 5.41) is 14.1. The summed E-state index contributed by atoms with van der Waals surface area (Å²) in [5.41, 5.74) is 1.96. The van der Waals surface area contributed by atoms with E-state index in [9.17, 15) is 18.8 Å². The van der Waals surface area contributed by atoms with E-state index in [0.717, 1.165) is 36.8 Å². The Morgan fingerprint density at radius 1 is 1.17 bits per heavy atom. The molecule has 3 atom stereocenters. The van der Waals surface area contributed by atoms with Crippen molar-refractivity contribution in [1.82, 2.24) is 19.5 Å². The molecule has 2 aromatic heterocycles. The van der Waals surface area contributed by atoms with Crippen LogP contribution in [0.3, 0.4) is 0 Å². The summed E-state index contributed by atoms with van der Waals surface area (Å²) in [6.07, 6.45) is 4.21. The zero-order valence-corrected chi connectivity index (χ0v) is 20.1. The fourth-order valence-corrected chi connectivity index (χ4v) is 5.29. The van der Waals surface area contributed by atoms with Crippen molar-refractivity contribution in [2.24, 2.45) is 11.8 Å². The third-order valence-corrected chi connectivity index (χ3v) is 7.30. The van der Waals surface area contributed by atoms with Crippen LogP contribution in [0.5, 0.6) is 0 Å². The highest BCUT2D eigenvalue weighted by molar-refractivity contribution is 5.95. The number of likely N-dealkylation sites (tertiary alicyclic amines) is 1. The Hall–Kier alpha value is -3.54. The maximum atomic E-state index is 14.7. The summed E-state index contributed by atoms with van der Waals surface area (Å²) in [6.45, 7) is 7.37. The molecule has 4 heterocycles. The molecule has 7 nitrogen and oxygen atoms in total. The summed E-state index contributed by atoms with van der Waals surface area (Å²) in [5.74, 6) is -1.25. The van der Waals surface area contributed by atoms with E-state index in [1.165, 1.54) is 13.0 Å². The molecule has 1 aromatic carbocycles. The van der Waals surface area contributed by atoms with Crippen LogP contribution in [0.2, 0.25) is 0 Å². The molecule has 5 rings (SSSR count). The molecule has 3 aromatic rings. The van der Waals surface area contributed by atoms with Crippen LogP contribution in [0.25, 0.3) is 5.65 Å². The molecule has 0 saturated carbocycles. The number of hydrogen-bond acceptors (Lipinski definition) is 5. The highest BCUT2D eigenvalue weighted by Gasteiger charge is 2.34.